The second-order valence-corrected chi connectivity index (χ2v) is 6.79. The minimum atomic E-state index is 0.288. The molecule has 4 aromatic rings. The zero-order valence-electron chi connectivity index (χ0n) is 15.7. The maximum atomic E-state index is 4.68. The molecule has 0 unspecified atom stereocenters. The van der Waals surface area contributed by atoms with E-state index in [1.165, 1.54) is 5.56 Å². The number of hydrogen-bond acceptors (Lipinski definition) is 5. The second-order valence-electron chi connectivity index (χ2n) is 6.79. The Morgan fingerprint density at radius 3 is 2.56 bits per heavy atom. The molecule has 0 bridgehead atoms. The molecule has 0 spiro atoms. The molecule has 0 radical (unpaired) electrons. The Bertz CT molecular complexity index is 1050. The number of anilines is 2. The van der Waals surface area contributed by atoms with Crippen molar-refractivity contribution >= 4 is 17.3 Å². The van der Waals surface area contributed by atoms with Crippen molar-refractivity contribution in [2.24, 2.45) is 0 Å². The SMILES string of the molecule is CCc1ccc(Nc2cc(C(C)C)nc3nc(-c4cccnc4)nn23)cc1. The lowest BCUT2D eigenvalue weighted by Crippen LogP contribution is -2.05. The molecular formula is C21H22N6. The Morgan fingerprint density at radius 1 is 1.07 bits per heavy atom. The number of pyridine rings is 1. The smallest absolute Gasteiger partial charge is 0.254 e. The van der Waals surface area contributed by atoms with Crippen LogP contribution in [0.15, 0.2) is 54.9 Å². The van der Waals surface area contributed by atoms with E-state index in [4.69, 9.17) is 0 Å². The average molecular weight is 358 g/mol. The molecule has 0 aliphatic carbocycles. The summed E-state index contributed by atoms with van der Waals surface area (Å²) in [7, 11) is 0. The van der Waals surface area contributed by atoms with Crippen LogP contribution in [0.3, 0.4) is 0 Å². The molecule has 0 aliphatic rings. The van der Waals surface area contributed by atoms with E-state index >= 15 is 0 Å². The maximum Gasteiger partial charge on any atom is 0.254 e. The van der Waals surface area contributed by atoms with E-state index in [-0.39, 0.29) is 5.92 Å². The van der Waals surface area contributed by atoms with E-state index in [1.807, 2.05) is 18.2 Å². The summed E-state index contributed by atoms with van der Waals surface area (Å²) in [4.78, 5) is 13.5. The fourth-order valence-corrected chi connectivity index (χ4v) is 2.86. The van der Waals surface area contributed by atoms with Crippen molar-refractivity contribution in [2.75, 3.05) is 5.32 Å². The van der Waals surface area contributed by atoms with Crippen molar-refractivity contribution in [3.05, 3.63) is 66.1 Å². The number of nitrogens with zero attached hydrogens (tertiary/aromatic N) is 5. The molecule has 4 rings (SSSR count). The van der Waals surface area contributed by atoms with Gasteiger partial charge in [0.05, 0.1) is 5.69 Å². The van der Waals surface area contributed by atoms with E-state index in [0.29, 0.717) is 11.6 Å². The number of hydrogen-bond donors (Lipinski definition) is 1. The van der Waals surface area contributed by atoms with Gasteiger partial charge in [0.1, 0.15) is 5.82 Å². The van der Waals surface area contributed by atoms with Crippen LogP contribution in [-0.2, 0) is 6.42 Å². The summed E-state index contributed by atoms with van der Waals surface area (Å²) in [6, 6.07) is 14.3. The highest BCUT2D eigenvalue weighted by Crippen LogP contribution is 2.24. The lowest BCUT2D eigenvalue weighted by Gasteiger charge is -2.11. The molecule has 1 N–H and O–H groups in total. The summed E-state index contributed by atoms with van der Waals surface area (Å²) < 4.78 is 1.75. The van der Waals surface area contributed by atoms with Crippen molar-refractivity contribution in [2.45, 2.75) is 33.1 Å². The molecule has 1 aromatic carbocycles. The van der Waals surface area contributed by atoms with Crippen LogP contribution in [-0.4, -0.2) is 24.6 Å². The number of aromatic nitrogens is 5. The summed E-state index contributed by atoms with van der Waals surface area (Å²) in [5, 5.41) is 8.12. The van der Waals surface area contributed by atoms with Gasteiger partial charge in [0, 0.05) is 29.7 Å². The molecule has 0 saturated heterocycles. The van der Waals surface area contributed by atoms with Gasteiger partial charge in [-0.2, -0.15) is 9.50 Å². The standard InChI is InChI=1S/C21H22N6/c1-4-15-7-9-17(10-8-15)23-19-12-18(14(2)3)24-21-25-20(26-27(19)21)16-6-5-11-22-13-16/h5-14,23H,4H2,1-3H3. The largest absolute Gasteiger partial charge is 0.340 e. The predicted octanol–water partition coefficient (Wildman–Crippen LogP) is 4.62. The quantitative estimate of drug-likeness (QED) is 0.564. The van der Waals surface area contributed by atoms with Gasteiger partial charge in [0.25, 0.3) is 5.78 Å². The van der Waals surface area contributed by atoms with Gasteiger partial charge < -0.3 is 5.32 Å². The van der Waals surface area contributed by atoms with Crippen LogP contribution in [0, 0.1) is 0 Å². The third-order valence-corrected chi connectivity index (χ3v) is 4.48. The van der Waals surface area contributed by atoms with Gasteiger partial charge in [-0.1, -0.05) is 32.9 Å². The summed E-state index contributed by atoms with van der Waals surface area (Å²) in [6.45, 7) is 6.40. The number of rotatable bonds is 5. The summed E-state index contributed by atoms with van der Waals surface area (Å²) in [6.07, 6.45) is 4.52. The maximum absolute atomic E-state index is 4.68. The third-order valence-electron chi connectivity index (χ3n) is 4.48. The average Bonchev–Trinajstić information content (AvgIpc) is 3.14. The highest BCUT2D eigenvalue weighted by molar-refractivity contribution is 5.62. The molecule has 0 atom stereocenters. The van der Waals surface area contributed by atoms with Crippen LogP contribution in [0.5, 0.6) is 0 Å². The van der Waals surface area contributed by atoms with Crippen LogP contribution in [0.1, 0.15) is 37.9 Å². The van der Waals surface area contributed by atoms with E-state index in [0.717, 1.165) is 29.2 Å². The van der Waals surface area contributed by atoms with Crippen LogP contribution in [0.2, 0.25) is 0 Å². The normalized spacial score (nSPS) is 11.3. The molecule has 0 aliphatic heterocycles. The highest BCUT2D eigenvalue weighted by atomic mass is 15.4. The molecule has 3 aromatic heterocycles. The summed E-state index contributed by atoms with van der Waals surface area (Å²) in [5.41, 5.74) is 4.16. The lowest BCUT2D eigenvalue weighted by molar-refractivity contribution is 0.809. The first-order valence-electron chi connectivity index (χ1n) is 9.18. The van der Waals surface area contributed by atoms with Gasteiger partial charge in [-0.3, -0.25) is 4.98 Å². The van der Waals surface area contributed by atoms with Crippen molar-refractivity contribution < 1.29 is 0 Å². The highest BCUT2D eigenvalue weighted by Gasteiger charge is 2.14. The first kappa shape index (κ1) is 17.1. The second kappa shape index (κ2) is 7.15. The van der Waals surface area contributed by atoms with Gasteiger partial charge in [-0.25, -0.2) is 4.98 Å². The van der Waals surface area contributed by atoms with Crippen molar-refractivity contribution in [1.82, 2.24) is 24.6 Å². The molecule has 136 valence electrons. The Balaban J connectivity index is 1.80. The van der Waals surface area contributed by atoms with Crippen molar-refractivity contribution in [3.8, 4) is 11.4 Å². The van der Waals surface area contributed by atoms with Gasteiger partial charge in [0.15, 0.2) is 5.82 Å². The minimum absolute atomic E-state index is 0.288. The minimum Gasteiger partial charge on any atom is -0.340 e. The van der Waals surface area contributed by atoms with E-state index in [2.05, 4.69) is 70.4 Å². The van der Waals surface area contributed by atoms with Crippen LogP contribution < -0.4 is 5.32 Å². The number of aryl methyl sites for hydroxylation is 1. The zero-order chi connectivity index (χ0) is 18.8. The topological polar surface area (TPSA) is 68.0 Å². The Morgan fingerprint density at radius 2 is 1.89 bits per heavy atom. The Kier molecular flexibility index (Phi) is 4.54. The van der Waals surface area contributed by atoms with Crippen LogP contribution in [0.25, 0.3) is 17.2 Å². The molecule has 6 nitrogen and oxygen atoms in total. The molecule has 6 heteroatoms. The van der Waals surface area contributed by atoms with Crippen molar-refractivity contribution in [3.63, 3.8) is 0 Å². The number of fused-ring (bicyclic) bond motifs is 1. The van der Waals surface area contributed by atoms with Crippen molar-refractivity contribution in [1.29, 1.82) is 0 Å². The molecule has 0 amide bonds. The van der Waals surface area contributed by atoms with Gasteiger partial charge in [0.2, 0.25) is 0 Å². The van der Waals surface area contributed by atoms with Gasteiger partial charge in [-0.15, -0.1) is 5.10 Å². The molecule has 0 saturated carbocycles. The predicted molar refractivity (Wildman–Crippen MR) is 107 cm³/mol. The molecule has 3 heterocycles. The lowest BCUT2D eigenvalue weighted by atomic mass is 10.1. The van der Waals surface area contributed by atoms with Crippen LogP contribution >= 0.6 is 0 Å². The third kappa shape index (κ3) is 3.51. The monoisotopic (exact) mass is 358 g/mol. The number of benzene rings is 1. The summed E-state index contributed by atoms with van der Waals surface area (Å²) in [5.74, 6) is 2.32. The first-order valence-corrected chi connectivity index (χ1v) is 9.18. The zero-order valence-corrected chi connectivity index (χ0v) is 15.7. The molecular weight excluding hydrogens is 336 g/mol. The van der Waals surface area contributed by atoms with E-state index in [1.54, 1.807) is 16.9 Å². The molecule has 27 heavy (non-hydrogen) atoms. The van der Waals surface area contributed by atoms with Crippen LogP contribution in [0.4, 0.5) is 11.5 Å². The van der Waals surface area contributed by atoms with E-state index < -0.39 is 0 Å². The van der Waals surface area contributed by atoms with E-state index in [9.17, 15) is 0 Å². The Labute approximate surface area is 158 Å². The fraction of sp³-hybridized carbons (Fsp3) is 0.238. The Hall–Kier alpha value is -3.28. The van der Waals surface area contributed by atoms with Gasteiger partial charge >= 0.3 is 0 Å². The summed E-state index contributed by atoms with van der Waals surface area (Å²) >= 11 is 0. The first-order chi connectivity index (χ1) is 13.1. The number of nitrogens with one attached hydrogen (secondary N) is 1. The fourth-order valence-electron chi connectivity index (χ4n) is 2.86. The van der Waals surface area contributed by atoms with Gasteiger partial charge in [-0.05, 0) is 42.2 Å². The molecule has 0 fully saturated rings.